The van der Waals surface area contributed by atoms with E-state index in [-0.39, 0.29) is 23.8 Å². The fraction of sp³-hybridized carbons (Fsp3) is 0.333. The van der Waals surface area contributed by atoms with E-state index in [0.717, 1.165) is 5.56 Å². The van der Waals surface area contributed by atoms with Crippen LogP contribution in [0.2, 0.25) is 0 Å². The summed E-state index contributed by atoms with van der Waals surface area (Å²) in [5, 5.41) is 0.272. The van der Waals surface area contributed by atoms with Gasteiger partial charge in [-0.05, 0) is 54.8 Å². The van der Waals surface area contributed by atoms with Gasteiger partial charge >= 0.3 is 12.1 Å². The first-order valence-electron chi connectivity index (χ1n) is 9.71. The van der Waals surface area contributed by atoms with Gasteiger partial charge in [0, 0.05) is 18.3 Å². The normalized spacial score (nSPS) is 18.1. The highest BCUT2D eigenvalue weighted by Gasteiger charge is 2.46. The molecule has 1 heterocycles. The van der Waals surface area contributed by atoms with Gasteiger partial charge in [-0.25, -0.2) is 4.79 Å². The van der Waals surface area contributed by atoms with Gasteiger partial charge in [0.2, 0.25) is 5.91 Å². The van der Waals surface area contributed by atoms with Crippen molar-refractivity contribution in [2.24, 2.45) is 17.6 Å². The highest BCUT2D eigenvalue weighted by molar-refractivity contribution is 5.98. The van der Waals surface area contributed by atoms with Crippen molar-refractivity contribution in [1.82, 2.24) is 4.98 Å². The minimum absolute atomic E-state index is 0.126. The molecule has 8 nitrogen and oxygen atoms in total. The smallest absolute Gasteiger partial charge is 0.489 e. The van der Waals surface area contributed by atoms with Crippen molar-refractivity contribution in [3.05, 3.63) is 54.4 Å². The number of carbonyl (C=O) groups is 3. The average molecular weight is 451 g/mol. The van der Waals surface area contributed by atoms with Crippen molar-refractivity contribution in [2.75, 3.05) is 5.06 Å². The van der Waals surface area contributed by atoms with E-state index in [4.69, 9.17) is 10.5 Å². The van der Waals surface area contributed by atoms with Gasteiger partial charge in [-0.15, -0.1) is 5.06 Å². The molecule has 2 aromatic rings. The van der Waals surface area contributed by atoms with Gasteiger partial charge in [-0.2, -0.15) is 13.2 Å². The Hall–Kier alpha value is -3.63. The van der Waals surface area contributed by atoms with Crippen molar-refractivity contribution in [1.29, 1.82) is 0 Å². The lowest BCUT2D eigenvalue weighted by Gasteiger charge is -2.26. The number of ether oxygens (including phenoxy) is 1. The third kappa shape index (κ3) is 5.54. The Morgan fingerprint density at radius 2 is 1.66 bits per heavy atom. The first-order chi connectivity index (χ1) is 15.2. The molecule has 2 atom stereocenters. The Bertz CT molecular complexity index is 967. The number of hydrogen-bond acceptors (Lipinski definition) is 6. The Morgan fingerprint density at radius 1 is 1.03 bits per heavy atom. The van der Waals surface area contributed by atoms with E-state index in [1.165, 1.54) is 24.3 Å². The van der Waals surface area contributed by atoms with Crippen LogP contribution in [0.3, 0.4) is 0 Å². The average Bonchev–Trinajstić information content (AvgIpc) is 3.26. The van der Waals surface area contributed by atoms with E-state index < -0.39 is 35.8 Å². The quantitative estimate of drug-likeness (QED) is 0.676. The SMILES string of the molecule is NC(=O)C1CCCC1C(=O)N(OC(=O)C(F)(F)F)c1ccc(OCc2ccncc2)cc1. The minimum Gasteiger partial charge on any atom is -0.489 e. The second-order valence-electron chi connectivity index (χ2n) is 7.19. The van der Waals surface area contributed by atoms with Crippen LogP contribution in [0.25, 0.3) is 0 Å². The zero-order valence-electron chi connectivity index (χ0n) is 16.7. The van der Waals surface area contributed by atoms with Crippen molar-refractivity contribution in [2.45, 2.75) is 32.0 Å². The van der Waals surface area contributed by atoms with Crippen LogP contribution >= 0.6 is 0 Å². The van der Waals surface area contributed by atoms with Crippen LogP contribution in [0, 0.1) is 11.8 Å². The number of pyridine rings is 1. The number of hydroxylamine groups is 1. The van der Waals surface area contributed by atoms with Crippen molar-refractivity contribution >= 4 is 23.5 Å². The zero-order valence-corrected chi connectivity index (χ0v) is 16.7. The zero-order chi connectivity index (χ0) is 23.3. The number of rotatable bonds is 6. The monoisotopic (exact) mass is 451 g/mol. The molecular formula is C21H20F3N3O5. The lowest BCUT2D eigenvalue weighted by molar-refractivity contribution is -0.202. The molecule has 0 bridgehead atoms. The molecule has 0 spiro atoms. The molecule has 0 radical (unpaired) electrons. The topological polar surface area (TPSA) is 112 Å². The molecule has 0 saturated heterocycles. The molecule has 1 aliphatic carbocycles. The molecule has 1 aliphatic rings. The summed E-state index contributed by atoms with van der Waals surface area (Å²) in [4.78, 5) is 44.3. The third-order valence-electron chi connectivity index (χ3n) is 5.03. The molecule has 1 saturated carbocycles. The van der Waals surface area contributed by atoms with E-state index in [1.807, 2.05) is 0 Å². The second-order valence-corrected chi connectivity index (χ2v) is 7.19. The summed E-state index contributed by atoms with van der Waals surface area (Å²) in [7, 11) is 0. The van der Waals surface area contributed by atoms with E-state index in [1.54, 1.807) is 24.5 Å². The largest absolute Gasteiger partial charge is 0.493 e. The van der Waals surface area contributed by atoms with Crippen LogP contribution in [-0.4, -0.2) is 28.9 Å². The lowest BCUT2D eigenvalue weighted by Crippen LogP contribution is -2.44. The summed E-state index contributed by atoms with van der Waals surface area (Å²) in [6.07, 6.45) is -1.06. The van der Waals surface area contributed by atoms with Crippen molar-refractivity contribution < 1.29 is 37.1 Å². The van der Waals surface area contributed by atoms with Gasteiger partial charge in [0.15, 0.2) is 0 Å². The molecule has 1 fully saturated rings. The Labute approximate surface area is 181 Å². The fourth-order valence-electron chi connectivity index (χ4n) is 3.43. The van der Waals surface area contributed by atoms with E-state index >= 15 is 0 Å². The minimum atomic E-state index is -5.31. The fourth-order valence-corrected chi connectivity index (χ4v) is 3.43. The molecule has 170 valence electrons. The highest BCUT2D eigenvalue weighted by Crippen LogP contribution is 2.35. The van der Waals surface area contributed by atoms with Gasteiger partial charge in [0.05, 0.1) is 11.6 Å². The number of halogens is 3. The Balaban J connectivity index is 1.80. The molecule has 1 aromatic carbocycles. The number of nitrogens with zero attached hydrogens (tertiary/aromatic N) is 2. The second kappa shape index (κ2) is 9.67. The summed E-state index contributed by atoms with van der Waals surface area (Å²) in [6, 6.07) is 8.89. The predicted molar refractivity (Wildman–Crippen MR) is 105 cm³/mol. The summed E-state index contributed by atoms with van der Waals surface area (Å²) >= 11 is 0. The van der Waals surface area contributed by atoms with Gasteiger partial charge in [0.25, 0.3) is 5.91 Å². The predicted octanol–water partition coefficient (Wildman–Crippen LogP) is 2.92. The molecule has 11 heteroatoms. The summed E-state index contributed by atoms with van der Waals surface area (Å²) in [5.41, 5.74) is 6.04. The number of primary amides is 1. The van der Waals surface area contributed by atoms with Crippen molar-refractivity contribution in [3.63, 3.8) is 0 Å². The van der Waals surface area contributed by atoms with Crippen LogP contribution in [0.4, 0.5) is 18.9 Å². The molecule has 2 unspecified atom stereocenters. The van der Waals surface area contributed by atoms with Crippen molar-refractivity contribution in [3.8, 4) is 5.75 Å². The first-order valence-corrected chi connectivity index (χ1v) is 9.71. The van der Waals surface area contributed by atoms with Crippen LogP contribution in [-0.2, 0) is 25.8 Å². The molecule has 3 rings (SSSR count). The number of carbonyl (C=O) groups excluding carboxylic acids is 3. The number of alkyl halides is 3. The number of hydrogen-bond donors (Lipinski definition) is 1. The lowest BCUT2D eigenvalue weighted by atomic mass is 9.94. The summed E-state index contributed by atoms with van der Waals surface area (Å²) in [6.45, 7) is 0.218. The molecule has 0 aliphatic heterocycles. The number of aromatic nitrogens is 1. The maximum atomic E-state index is 13.0. The maximum absolute atomic E-state index is 13.0. The Kier molecular flexibility index (Phi) is 6.96. The van der Waals surface area contributed by atoms with Crippen LogP contribution in [0.15, 0.2) is 48.8 Å². The maximum Gasteiger partial charge on any atom is 0.493 e. The number of amides is 2. The summed E-state index contributed by atoms with van der Waals surface area (Å²) in [5.74, 6) is -5.71. The standard InChI is InChI=1S/C21H20F3N3O5/c22-21(23,24)20(30)32-27(19(29)17-3-1-2-16(17)18(25)28)14-4-6-15(7-5-14)31-12-13-8-10-26-11-9-13/h4-11,16-17H,1-3,12H2,(H2,25,28). The van der Waals surface area contributed by atoms with Gasteiger partial charge < -0.3 is 15.3 Å². The van der Waals surface area contributed by atoms with Gasteiger partial charge in [-0.1, -0.05) is 6.42 Å². The highest BCUT2D eigenvalue weighted by atomic mass is 19.4. The van der Waals surface area contributed by atoms with E-state index in [0.29, 0.717) is 18.6 Å². The summed E-state index contributed by atoms with van der Waals surface area (Å²) < 4.78 is 43.9. The number of nitrogens with two attached hydrogens (primary N) is 1. The number of benzene rings is 1. The van der Waals surface area contributed by atoms with Crippen LogP contribution < -0.4 is 15.5 Å². The van der Waals surface area contributed by atoms with Crippen LogP contribution in [0.1, 0.15) is 24.8 Å². The van der Waals surface area contributed by atoms with Gasteiger partial charge in [-0.3, -0.25) is 14.6 Å². The molecular weight excluding hydrogens is 431 g/mol. The molecule has 32 heavy (non-hydrogen) atoms. The Morgan fingerprint density at radius 3 is 2.25 bits per heavy atom. The van der Waals surface area contributed by atoms with Crippen LogP contribution in [0.5, 0.6) is 5.75 Å². The molecule has 2 amide bonds. The number of anilines is 1. The van der Waals surface area contributed by atoms with E-state index in [2.05, 4.69) is 9.82 Å². The molecule has 1 aromatic heterocycles. The third-order valence-corrected chi connectivity index (χ3v) is 5.03. The van der Waals surface area contributed by atoms with E-state index in [9.17, 15) is 27.6 Å². The first kappa shape index (κ1) is 23.0. The molecule has 2 N–H and O–H groups in total. The van der Waals surface area contributed by atoms with Gasteiger partial charge in [0.1, 0.15) is 12.4 Å².